The maximum atomic E-state index is 12.1. The average molecular weight is 276 g/mol. The lowest BCUT2D eigenvalue weighted by Gasteiger charge is -2.13. The highest BCUT2D eigenvalue weighted by molar-refractivity contribution is 5.99. The lowest BCUT2D eigenvalue weighted by atomic mass is 10.1. The highest BCUT2D eigenvalue weighted by Crippen LogP contribution is 2.58. The summed E-state index contributed by atoms with van der Waals surface area (Å²) in [6, 6.07) is 7.45. The number of amides is 1. The van der Waals surface area contributed by atoms with Gasteiger partial charge in [-0.25, -0.2) is 0 Å². The molecule has 0 radical (unpaired) electrons. The van der Waals surface area contributed by atoms with Crippen molar-refractivity contribution in [2.24, 2.45) is 17.3 Å². The van der Waals surface area contributed by atoms with E-state index in [-0.39, 0.29) is 5.91 Å². The molecule has 1 saturated carbocycles. The van der Waals surface area contributed by atoms with Crippen LogP contribution >= 0.6 is 0 Å². The maximum Gasteiger partial charge on any atom is 0.307 e. The summed E-state index contributed by atoms with van der Waals surface area (Å²) in [6.07, 6.45) is 0. The number of anilines is 2. The number of carboxylic acids is 1. The number of carbonyl (C=O) groups is 2. The Morgan fingerprint density at radius 3 is 2.10 bits per heavy atom. The van der Waals surface area contributed by atoms with Crippen molar-refractivity contribution in [2.75, 3.05) is 24.3 Å². The van der Waals surface area contributed by atoms with Crippen molar-refractivity contribution >= 4 is 23.3 Å². The van der Waals surface area contributed by atoms with Gasteiger partial charge < -0.3 is 15.3 Å². The van der Waals surface area contributed by atoms with E-state index in [1.54, 1.807) is 0 Å². The Labute approximate surface area is 118 Å². The van der Waals surface area contributed by atoms with Gasteiger partial charge in [0.15, 0.2) is 0 Å². The molecule has 1 aliphatic carbocycles. The van der Waals surface area contributed by atoms with Gasteiger partial charge in [-0.15, -0.1) is 0 Å². The van der Waals surface area contributed by atoms with Gasteiger partial charge in [-0.3, -0.25) is 9.59 Å². The van der Waals surface area contributed by atoms with Crippen LogP contribution in [0.4, 0.5) is 11.4 Å². The molecule has 20 heavy (non-hydrogen) atoms. The van der Waals surface area contributed by atoms with Crippen molar-refractivity contribution in [2.45, 2.75) is 13.8 Å². The molecule has 5 nitrogen and oxygen atoms in total. The molecule has 0 heterocycles. The van der Waals surface area contributed by atoms with E-state index >= 15 is 0 Å². The molecular weight excluding hydrogens is 256 g/mol. The molecule has 2 unspecified atom stereocenters. The van der Waals surface area contributed by atoms with Gasteiger partial charge in [-0.1, -0.05) is 13.8 Å². The highest BCUT2D eigenvalue weighted by atomic mass is 16.4. The van der Waals surface area contributed by atoms with Crippen LogP contribution in [0, 0.1) is 17.3 Å². The molecule has 0 bridgehead atoms. The first-order valence-electron chi connectivity index (χ1n) is 6.56. The molecule has 2 atom stereocenters. The van der Waals surface area contributed by atoms with Crippen LogP contribution in [0.5, 0.6) is 0 Å². The van der Waals surface area contributed by atoms with Gasteiger partial charge in [-0.2, -0.15) is 0 Å². The number of hydrogen-bond donors (Lipinski definition) is 2. The molecule has 0 aromatic heterocycles. The fourth-order valence-corrected chi connectivity index (χ4v) is 2.65. The van der Waals surface area contributed by atoms with Gasteiger partial charge >= 0.3 is 5.97 Å². The van der Waals surface area contributed by atoms with Gasteiger partial charge in [0.2, 0.25) is 5.91 Å². The monoisotopic (exact) mass is 276 g/mol. The maximum absolute atomic E-state index is 12.1. The standard InChI is InChI=1S/C15H20N2O3/c1-15(2)11(12(15)14(19)20)13(18)16-9-5-7-10(8-6-9)17(3)4/h5-8,11-12H,1-4H3,(H,16,18)(H,19,20). The van der Waals surface area contributed by atoms with Crippen LogP contribution in [0.3, 0.4) is 0 Å². The second-order valence-corrected chi connectivity index (χ2v) is 6.05. The molecule has 2 N–H and O–H groups in total. The second kappa shape index (κ2) is 4.81. The van der Waals surface area contributed by atoms with Gasteiger partial charge in [-0.05, 0) is 29.7 Å². The molecule has 2 rings (SSSR count). The summed E-state index contributed by atoms with van der Waals surface area (Å²) in [4.78, 5) is 25.2. The molecular formula is C15H20N2O3. The zero-order valence-electron chi connectivity index (χ0n) is 12.2. The minimum Gasteiger partial charge on any atom is -0.481 e. The number of nitrogens with zero attached hydrogens (tertiary/aromatic N) is 1. The second-order valence-electron chi connectivity index (χ2n) is 6.05. The van der Waals surface area contributed by atoms with Crippen molar-refractivity contribution in [1.82, 2.24) is 0 Å². The van der Waals surface area contributed by atoms with E-state index < -0.39 is 23.2 Å². The summed E-state index contributed by atoms with van der Waals surface area (Å²) < 4.78 is 0. The number of benzene rings is 1. The van der Waals surface area contributed by atoms with Crippen molar-refractivity contribution in [3.63, 3.8) is 0 Å². The van der Waals surface area contributed by atoms with Crippen LogP contribution in [0.1, 0.15) is 13.8 Å². The molecule has 0 saturated heterocycles. The first kappa shape index (κ1) is 14.4. The predicted octanol–water partition coefficient (Wildman–Crippen LogP) is 2.05. The summed E-state index contributed by atoms with van der Waals surface area (Å²) in [7, 11) is 3.88. The van der Waals surface area contributed by atoms with Crippen LogP contribution in [-0.2, 0) is 9.59 Å². The van der Waals surface area contributed by atoms with E-state index in [4.69, 9.17) is 5.11 Å². The molecule has 1 aliphatic rings. The topological polar surface area (TPSA) is 69.6 Å². The quantitative estimate of drug-likeness (QED) is 0.883. The molecule has 1 amide bonds. The number of carboxylic acid groups (broad SMARTS) is 1. The molecule has 1 fully saturated rings. The fourth-order valence-electron chi connectivity index (χ4n) is 2.65. The SMILES string of the molecule is CN(C)c1ccc(NC(=O)C2C(C(=O)O)C2(C)C)cc1. The zero-order valence-corrected chi connectivity index (χ0v) is 12.2. The minimum atomic E-state index is -0.905. The zero-order chi connectivity index (χ0) is 15.1. The van der Waals surface area contributed by atoms with E-state index in [9.17, 15) is 9.59 Å². The number of aliphatic carboxylic acids is 1. The number of carbonyl (C=O) groups excluding carboxylic acids is 1. The summed E-state index contributed by atoms with van der Waals surface area (Å²) in [5, 5.41) is 11.9. The first-order valence-corrected chi connectivity index (χ1v) is 6.56. The summed E-state index contributed by atoms with van der Waals surface area (Å²) in [5.74, 6) is -2.19. The number of rotatable bonds is 4. The predicted molar refractivity (Wildman–Crippen MR) is 77.8 cm³/mol. The summed E-state index contributed by atoms with van der Waals surface area (Å²) in [6.45, 7) is 3.62. The highest BCUT2D eigenvalue weighted by Gasteiger charge is 2.65. The van der Waals surface area contributed by atoms with Crippen molar-refractivity contribution in [3.05, 3.63) is 24.3 Å². The van der Waals surface area contributed by atoms with E-state index in [2.05, 4.69) is 5.32 Å². The third-order valence-electron chi connectivity index (χ3n) is 4.03. The van der Waals surface area contributed by atoms with Gasteiger partial charge in [0.1, 0.15) is 0 Å². The number of nitrogens with one attached hydrogen (secondary N) is 1. The van der Waals surface area contributed by atoms with Gasteiger partial charge in [0.05, 0.1) is 11.8 Å². The summed E-state index contributed by atoms with van der Waals surface area (Å²) >= 11 is 0. The molecule has 1 aromatic carbocycles. The van der Waals surface area contributed by atoms with Crippen LogP contribution in [0.2, 0.25) is 0 Å². The Bertz CT molecular complexity index is 535. The summed E-state index contributed by atoms with van der Waals surface area (Å²) in [5.41, 5.74) is 1.25. The van der Waals surface area contributed by atoms with Gasteiger partial charge in [0, 0.05) is 25.5 Å². The lowest BCUT2D eigenvalue weighted by Crippen LogP contribution is -2.17. The van der Waals surface area contributed by atoms with E-state index in [0.29, 0.717) is 5.69 Å². The van der Waals surface area contributed by atoms with E-state index in [1.165, 1.54) is 0 Å². The molecule has 0 spiro atoms. The van der Waals surface area contributed by atoms with E-state index in [0.717, 1.165) is 5.69 Å². The van der Waals surface area contributed by atoms with Crippen molar-refractivity contribution in [1.29, 1.82) is 0 Å². The van der Waals surface area contributed by atoms with Crippen LogP contribution < -0.4 is 10.2 Å². The molecule has 1 aromatic rings. The lowest BCUT2D eigenvalue weighted by molar-refractivity contribution is -0.140. The largest absolute Gasteiger partial charge is 0.481 e. The smallest absolute Gasteiger partial charge is 0.307 e. The Hall–Kier alpha value is -2.04. The molecule has 108 valence electrons. The fraction of sp³-hybridized carbons (Fsp3) is 0.467. The Morgan fingerprint density at radius 1 is 1.15 bits per heavy atom. The van der Waals surface area contributed by atoms with Crippen LogP contribution in [-0.4, -0.2) is 31.1 Å². The minimum absolute atomic E-state index is 0.222. The van der Waals surface area contributed by atoms with E-state index in [1.807, 2.05) is 57.1 Å². The van der Waals surface area contributed by atoms with Crippen LogP contribution in [0.15, 0.2) is 24.3 Å². The number of hydrogen-bond acceptors (Lipinski definition) is 3. The van der Waals surface area contributed by atoms with Gasteiger partial charge in [0.25, 0.3) is 0 Å². The Balaban J connectivity index is 2.04. The normalized spacial score (nSPS) is 23.0. The van der Waals surface area contributed by atoms with Crippen molar-refractivity contribution in [3.8, 4) is 0 Å². The third-order valence-corrected chi connectivity index (χ3v) is 4.03. The Kier molecular flexibility index (Phi) is 3.46. The van der Waals surface area contributed by atoms with Crippen molar-refractivity contribution < 1.29 is 14.7 Å². The molecule has 5 heteroatoms. The molecule has 0 aliphatic heterocycles. The Morgan fingerprint density at radius 2 is 1.70 bits per heavy atom. The van der Waals surface area contributed by atoms with Crippen LogP contribution in [0.25, 0.3) is 0 Å². The third kappa shape index (κ3) is 2.48. The first-order chi connectivity index (χ1) is 9.25. The average Bonchev–Trinajstić information content (AvgIpc) is 2.93.